The van der Waals surface area contributed by atoms with Gasteiger partial charge in [0.2, 0.25) is 11.7 Å². The fraction of sp³-hybridized carbons (Fsp3) is 0.222. The van der Waals surface area contributed by atoms with E-state index in [1.54, 1.807) is 7.11 Å². The van der Waals surface area contributed by atoms with Crippen molar-refractivity contribution < 1.29 is 9.26 Å². The number of anilines is 1. The first-order chi connectivity index (χ1) is 11.2. The van der Waals surface area contributed by atoms with E-state index in [0.29, 0.717) is 18.1 Å². The minimum Gasteiger partial charge on any atom is -0.497 e. The molecule has 0 fully saturated rings. The van der Waals surface area contributed by atoms with Crippen LogP contribution in [0.3, 0.4) is 0 Å². The largest absolute Gasteiger partial charge is 0.497 e. The lowest BCUT2D eigenvalue weighted by molar-refractivity contribution is 0.385. The van der Waals surface area contributed by atoms with Crippen molar-refractivity contribution in [3.05, 3.63) is 60.0 Å². The van der Waals surface area contributed by atoms with Crippen LogP contribution in [-0.2, 0) is 6.42 Å². The summed E-state index contributed by atoms with van der Waals surface area (Å²) in [7, 11) is 5.67. The zero-order valence-corrected chi connectivity index (χ0v) is 13.5. The Labute approximate surface area is 135 Å². The van der Waals surface area contributed by atoms with E-state index in [4.69, 9.17) is 9.26 Å². The van der Waals surface area contributed by atoms with Crippen LogP contribution in [0.25, 0.3) is 11.4 Å². The number of hydrogen-bond acceptors (Lipinski definition) is 5. The van der Waals surface area contributed by atoms with Crippen LogP contribution in [0, 0.1) is 0 Å². The molecule has 0 aliphatic rings. The highest BCUT2D eigenvalue weighted by molar-refractivity contribution is 5.59. The van der Waals surface area contributed by atoms with Crippen LogP contribution in [0.15, 0.2) is 53.1 Å². The van der Waals surface area contributed by atoms with E-state index in [2.05, 4.69) is 15.0 Å². The zero-order chi connectivity index (χ0) is 16.2. The Kier molecular flexibility index (Phi) is 4.28. The first-order valence-corrected chi connectivity index (χ1v) is 7.39. The van der Waals surface area contributed by atoms with Crippen LogP contribution >= 0.6 is 0 Å². The van der Waals surface area contributed by atoms with Gasteiger partial charge in [-0.3, -0.25) is 0 Å². The van der Waals surface area contributed by atoms with Gasteiger partial charge in [0.25, 0.3) is 0 Å². The summed E-state index contributed by atoms with van der Waals surface area (Å²) in [6.45, 7) is 0. The highest BCUT2D eigenvalue weighted by atomic mass is 16.5. The van der Waals surface area contributed by atoms with Gasteiger partial charge in [0.05, 0.1) is 13.5 Å². The van der Waals surface area contributed by atoms with Crippen molar-refractivity contribution in [1.82, 2.24) is 10.1 Å². The van der Waals surface area contributed by atoms with Gasteiger partial charge in [0, 0.05) is 25.3 Å². The maximum Gasteiger partial charge on any atom is 0.231 e. The molecule has 0 bridgehead atoms. The second kappa shape index (κ2) is 6.52. The van der Waals surface area contributed by atoms with E-state index in [1.165, 1.54) is 0 Å². The molecule has 0 saturated heterocycles. The molecule has 0 saturated carbocycles. The second-order valence-corrected chi connectivity index (χ2v) is 5.48. The average Bonchev–Trinajstić information content (AvgIpc) is 3.04. The summed E-state index contributed by atoms with van der Waals surface area (Å²) in [5, 5.41) is 4.07. The molecular formula is C18H19N3O2. The molecule has 23 heavy (non-hydrogen) atoms. The molecule has 0 N–H and O–H groups in total. The topological polar surface area (TPSA) is 51.4 Å². The SMILES string of the molecule is COc1ccc(Cc2nc(-c3ccc(N(C)C)cc3)no2)cc1. The molecule has 0 radical (unpaired) electrons. The molecule has 3 rings (SSSR count). The summed E-state index contributed by atoms with van der Waals surface area (Å²) in [6.07, 6.45) is 0.604. The lowest BCUT2D eigenvalue weighted by Crippen LogP contribution is -2.07. The predicted molar refractivity (Wildman–Crippen MR) is 89.9 cm³/mol. The molecule has 2 aromatic carbocycles. The summed E-state index contributed by atoms with van der Waals surface area (Å²) in [5.41, 5.74) is 3.18. The Bertz CT molecular complexity index is 762. The maximum absolute atomic E-state index is 5.35. The average molecular weight is 309 g/mol. The molecule has 5 nitrogen and oxygen atoms in total. The van der Waals surface area contributed by atoms with E-state index in [9.17, 15) is 0 Å². The number of ether oxygens (including phenoxy) is 1. The molecule has 0 aliphatic carbocycles. The highest BCUT2D eigenvalue weighted by Gasteiger charge is 2.09. The standard InChI is InChI=1S/C18H19N3O2/c1-21(2)15-8-6-14(7-9-15)18-19-17(23-20-18)12-13-4-10-16(22-3)11-5-13/h4-11H,12H2,1-3H3. The van der Waals surface area contributed by atoms with Crippen LogP contribution in [0.5, 0.6) is 5.75 Å². The van der Waals surface area contributed by atoms with Crippen molar-refractivity contribution in [2.24, 2.45) is 0 Å². The summed E-state index contributed by atoms with van der Waals surface area (Å²) >= 11 is 0. The maximum atomic E-state index is 5.35. The van der Waals surface area contributed by atoms with Crippen molar-refractivity contribution >= 4 is 5.69 Å². The third kappa shape index (κ3) is 3.51. The molecule has 118 valence electrons. The van der Waals surface area contributed by atoms with Crippen LogP contribution < -0.4 is 9.64 Å². The van der Waals surface area contributed by atoms with Crippen LogP contribution in [-0.4, -0.2) is 31.3 Å². The fourth-order valence-electron chi connectivity index (χ4n) is 2.27. The summed E-state index contributed by atoms with van der Waals surface area (Å²) < 4.78 is 10.5. The Morgan fingerprint density at radius 3 is 2.30 bits per heavy atom. The van der Waals surface area contributed by atoms with Crippen molar-refractivity contribution in [2.45, 2.75) is 6.42 Å². The third-order valence-electron chi connectivity index (χ3n) is 3.62. The normalized spacial score (nSPS) is 10.6. The van der Waals surface area contributed by atoms with Gasteiger partial charge in [-0.1, -0.05) is 17.3 Å². The van der Waals surface area contributed by atoms with Crippen LogP contribution in [0.2, 0.25) is 0 Å². The van der Waals surface area contributed by atoms with Gasteiger partial charge in [0.15, 0.2) is 0 Å². The van der Waals surface area contributed by atoms with Gasteiger partial charge in [-0.2, -0.15) is 4.98 Å². The van der Waals surface area contributed by atoms with Crippen molar-refractivity contribution in [1.29, 1.82) is 0 Å². The fourth-order valence-corrected chi connectivity index (χ4v) is 2.27. The van der Waals surface area contributed by atoms with Gasteiger partial charge in [-0.25, -0.2) is 0 Å². The Morgan fingerprint density at radius 1 is 1.00 bits per heavy atom. The number of methoxy groups -OCH3 is 1. The van der Waals surface area contributed by atoms with E-state index in [0.717, 1.165) is 22.6 Å². The van der Waals surface area contributed by atoms with Gasteiger partial charge in [-0.15, -0.1) is 0 Å². The first kappa shape index (κ1) is 15.1. The number of rotatable bonds is 5. The number of nitrogens with zero attached hydrogens (tertiary/aromatic N) is 3. The number of aromatic nitrogens is 2. The third-order valence-corrected chi connectivity index (χ3v) is 3.62. The minimum atomic E-state index is 0.599. The highest BCUT2D eigenvalue weighted by Crippen LogP contribution is 2.21. The number of hydrogen-bond donors (Lipinski definition) is 0. The molecule has 0 aliphatic heterocycles. The Balaban J connectivity index is 1.74. The van der Waals surface area contributed by atoms with E-state index < -0.39 is 0 Å². The van der Waals surface area contributed by atoms with Gasteiger partial charge >= 0.3 is 0 Å². The predicted octanol–water partition coefficient (Wildman–Crippen LogP) is 3.40. The Morgan fingerprint density at radius 2 is 1.70 bits per heavy atom. The summed E-state index contributed by atoms with van der Waals surface area (Å²) in [5.74, 6) is 2.04. The van der Waals surface area contributed by atoms with Crippen LogP contribution in [0.1, 0.15) is 11.5 Å². The number of benzene rings is 2. The molecule has 0 spiro atoms. The van der Waals surface area contributed by atoms with Gasteiger partial charge in [-0.05, 0) is 42.0 Å². The zero-order valence-electron chi connectivity index (χ0n) is 13.5. The van der Waals surface area contributed by atoms with Crippen molar-refractivity contribution in [3.63, 3.8) is 0 Å². The smallest absolute Gasteiger partial charge is 0.231 e. The second-order valence-electron chi connectivity index (χ2n) is 5.48. The lowest BCUT2D eigenvalue weighted by atomic mass is 10.1. The van der Waals surface area contributed by atoms with E-state index >= 15 is 0 Å². The lowest BCUT2D eigenvalue weighted by Gasteiger charge is -2.11. The van der Waals surface area contributed by atoms with Gasteiger partial charge < -0.3 is 14.2 Å². The Hall–Kier alpha value is -2.82. The van der Waals surface area contributed by atoms with E-state index in [-0.39, 0.29) is 0 Å². The molecule has 0 amide bonds. The molecule has 3 aromatic rings. The van der Waals surface area contributed by atoms with Crippen molar-refractivity contribution in [3.8, 4) is 17.1 Å². The summed E-state index contributed by atoms with van der Waals surface area (Å²) in [4.78, 5) is 6.52. The molecule has 5 heteroatoms. The first-order valence-electron chi connectivity index (χ1n) is 7.39. The monoisotopic (exact) mass is 309 g/mol. The molecular weight excluding hydrogens is 290 g/mol. The minimum absolute atomic E-state index is 0.599. The van der Waals surface area contributed by atoms with Crippen molar-refractivity contribution in [2.75, 3.05) is 26.1 Å². The summed E-state index contributed by atoms with van der Waals surface area (Å²) in [6, 6.07) is 15.9. The quantitative estimate of drug-likeness (QED) is 0.723. The van der Waals surface area contributed by atoms with E-state index in [1.807, 2.05) is 62.6 Å². The molecule has 0 atom stereocenters. The molecule has 0 unspecified atom stereocenters. The molecule has 1 heterocycles. The van der Waals surface area contributed by atoms with Gasteiger partial charge in [0.1, 0.15) is 5.75 Å². The van der Waals surface area contributed by atoms with Crippen LogP contribution in [0.4, 0.5) is 5.69 Å². The molecule has 1 aromatic heterocycles.